The average molecular weight is 466 g/mol. The lowest BCUT2D eigenvalue weighted by Crippen LogP contribution is -2.47. The summed E-state index contributed by atoms with van der Waals surface area (Å²) in [5.41, 5.74) is 0.139. The normalized spacial score (nSPS) is 17.7. The number of carbonyl (C=O) groups is 2. The highest BCUT2D eigenvalue weighted by molar-refractivity contribution is 7.14. The third kappa shape index (κ3) is 5.54. The van der Waals surface area contributed by atoms with Gasteiger partial charge in [-0.25, -0.2) is 4.98 Å². The molecular weight excluding hydrogens is 441 g/mol. The molecule has 1 unspecified atom stereocenters. The first kappa shape index (κ1) is 21.6. The Hall–Kier alpha value is -1.63. The topological polar surface area (TPSA) is 71.1 Å². The first-order chi connectivity index (χ1) is 14.5. The molecule has 2 amide bonds. The van der Waals surface area contributed by atoms with Crippen LogP contribution in [0.4, 0.5) is 0 Å². The van der Waals surface area contributed by atoms with E-state index >= 15 is 0 Å². The van der Waals surface area contributed by atoms with E-state index in [-0.39, 0.29) is 28.6 Å². The number of thiophene rings is 1. The third-order valence-electron chi connectivity index (χ3n) is 5.86. The van der Waals surface area contributed by atoms with Crippen LogP contribution in [0.15, 0.2) is 24.4 Å². The van der Waals surface area contributed by atoms with Crippen LogP contribution in [-0.2, 0) is 6.42 Å². The number of nitrogens with one attached hydrogen (secondary N) is 2. The van der Waals surface area contributed by atoms with Gasteiger partial charge in [0.1, 0.15) is 5.69 Å². The third-order valence-corrected chi connectivity index (χ3v) is 7.46. The van der Waals surface area contributed by atoms with E-state index in [9.17, 15) is 9.59 Å². The molecule has 0 saturated heterocycles. The Morgan fingerprint density at radius 2 is 1.90 bits per heavy atom. The van der Waals surface area contributed by atoms with E-state index in [4.69, 9.17) is 23.2 Å². The second-order valence-electron chi connectivity index (χ2n) is 8.23. The summed E-state index contributed by atoms with van der Waals surface area (Å²) in [5, 5.41) is 6.65. The fourth-order valence-corrected chi connectivity index (χ4v) is 5.51. The van der Waals surface area contributed by atoms with Gasteiger partial charge in [-0.15, -0.1) is 11.3 Å². The molecule has 2 aromatic heterocycles. The number of pyridine rings is 1. The zero-order valence-corrected chi connectivity index (χ0v) is 19.0. The fourth-order valence-electron chi connectivity index (χ4n) is 4.02. The predicted molar refractivity (Wildman–Crippen MR) is 121 cm³/mol. The van der Waals surface area contributed by atoms with Crippen molar-refractivity contribution >= 4 is 46.4 Å². The summed E-state index contributed by atoms with van der Waals surface area (Å²) >= 11 is 13.5. The number of halogens is 2. The maximum Gasteiger partial charge on any atom is 0.271 e. The number of amides is 2. The van der Waals surface area contributed by atoms with Gasteiger partial charge in [0.2, 0.25) is 0 Å². The lowest BCUT2D eigenvalue weighted by atomic mass is 9.97. The SMILES string of the molecule is O=C(NC(CNC(=O)c1ncc(Cl)cc1Cl)C1CCCC1)c1ccc(CC2CC2)s1. The summed E-state index contributed by atoms with van der Waals surface area (Å²) in [4.78, 5) is 31.5. The molecule has 2 heterocycles. The predicted octanol–water partition coefficient (Wildman–Crippen LogP) is 5.12. The molecule has 8 heteroatoms. The van der Waals surface area contributed by atoms with Crippen molar-refractivity contribution in [3.05, 3.63) is 49.9 Å². The Morgan fingerprint density at radius 3 is 2.60 bits per heavy atom. The Morgan fingerprint density at radius 1 is 1.13 bits per heavy atom. The molecule has 2 N–H and O–H groups in total. The molecule has 0 aromatic carbocycles. The number of aromatic nitrogens is 1. The van der Waals surface area contributed by atoms with Gasteiger partial charge < -0.3 is 10.6 Å². The molecule has 30 heavy (non-hydrogen) atoms. The average Bonchev–Trinajstić information content (AvgIpc) is 3.17. The molecule has 2 aliphatic rings. The molecule has 5 nitrogen and oxygen atoms in total. The fraction of sp³-hybridized carbons (Fsp3) is 0.500. The van der Waals surface area contributed by atoms with Crippen LogP contribution >= 0.6 is 34.5 Å². The van der Waals surface area contributed by atoms with Crippen molar-refractivity contribution in [2.24, 2.45) is 11.8 Å². The second kappa shape index (κ2) is 9.67. The van der Waals surface area contributed by atoms with Crippen molar-refractivity contribution in [3.8, 4) is 0 Å². The lowest BCUT2D eigenvalue weighted by molar-refractivity contribution is 0.0893. The van der Waals surface area contributed by atoms with Gasteiger partial charge in [0.05, 0.1) is 14.9 Å². The number of rotatable bonds is 8. The summed E-state index contributed by atoms with van der Waals surface area (Å²) in [7, 11) is 0. The lowest BCUT2D eigenvalue weighted by Gasteiger charge is -2.25. The smallest absolute Gasteiger partial charge is 0.271 e. The van der Waals surface area contributed by atoms with Crippen LogP contribution in [0.25, 0.3) is 0 Å². The van der Waals surface area contributed by atoms with E-state index in [1.165, 1.54) is 30.0 Å². The van der Waals surface area contributed by atoms with Crippen molar-refractivity contribution in [1.82, 2.24) is 15.6 Å². The highest BCUT2D eigenvalue weighted by Crippen LogP contribution is 2.34. The molecule has 2 aliphatic carbocycles. The summed E-state index contributed by atoms with van der Waals surface area (Å²) < 4.78 is 0. The van der Waals surface area contributed by atoms with Crippen molar-refractivity contribution < 1.29 is 9.59 Å². The molecule has 0 spiro atoms. The van der Waals surface area contributed by atoms with E-state index in [0.717, 1.165) is 42.9 Å². The molecule has 1 atom stereocenters. The maximum absolute atomic E-state index is 12.9. The van der Waals surface area contributed by atoms with E-state index in [0.29, 0.717) is 17.5 Å². The van der Waals surface area contributed by atoms with Crippen molar-refractivity contribution in [1.29, 1.82) is 0 Å². The summed E-state index contributed by atoms with van der Waals surface area (Å²) in [6.45, 7) is 0.343. The molecule has 4 rings (SSSR count). The zero-order chi connectivity index (χ0) is 21.1. The molecule has 2 aromatic rings. The van der Waals surface area contributed by atoms with Crippen molar-refractivity contribution in [2.75, 3.05) is 6.54 Å². The van der Waals surface area contributed by atoms with E-state index in [2.05, 4.69) is 21.7 Å². The molecule has 160 valence electrons. The van der Waals surface area contributed by atoms with Crippen LogP contribution in [0.3, 0.4) is 0 Å². The highest BCUT2D eigenvalue weighted by atomic mass is 35.5. The van der Waals surface area contributed by atoms with E-state index < -0.39 is 0 Å². The number of carbonyl (C=O) groups excluding carboxylic acids is 2. The first-order valence-corrected chi connectivity index (χ1v) is 12.1. The van der Waals surface area contributed by atoms with Crippen LogP contribution in [0.2, 0.25) is 10.0 Å². The van der Waals surface area contributed by atoms with Gasteiger partial charge in [-0.2, -0.15) is 0 Å². The van der Waals surface area contributed by atoms with Gasteiger partial charge >= 0.3 is 0 Å². The van der Waals surface area contributed by atoms with Crippen molar-refractivity contribution in [3.63, 3.8) is 0 Å². The summed E-state index contributed by atoms with van der Waals surface area (Å²) in [5.74, 6) is 0.732. The number of nitrogens with zero attached hydrogens (tertiary/aromatic N) is 1. The van der Waals surface area contributed by atoms with Crippen LogP contribution in [0.1, 0.15) is 63.6 Å². The van der Waals surface area contributed by atoms with E-state index in [1.54, 1.807) is 11.3 Å². The summed E-state index contributed by atoms with van der Waals surface area (Å²) in [6.07, 6.45) is 9.49. The van der Waals surface area contributed by atoms with Crippen LogP contribution in [0, 0.1) is 11.8 Å². The number of hydrogen-bond acceptors (Lipinski definition) is 4. The largest absolute Gasteiger partial charge is 0.349 e. The second-order valence-corrected chi connectivity index (χ2v) is 10.2. The zero-order valence-electron chi connectivity index (χ0n) is 16.6. The van der Waals surface area contributed by atoms with Crippen LogP contribution in [-0.4, -0.2) is 29.4 Å². The molecular formula is C22H25Cl2N3O2S. The molecule has 2 saturated carbocycles. The minimum absolute atomic E-state index is 0.0594. The quantitative estimate of drug-likeness (QED) is 0.567. The molecule has 0 radical (unpaired) electrons. The summed E-state index contributed by atoms with van der Waals surface area (Å²) in [6, 6.07) is 5.36. The van der Waals surface area contributed by atoms with Gasteiger partial charge in [-0.3, -0.25) is 9.59 Å². The van der Waals surface area contributed by atoms with Gasteiger partial charge in [0.25, 0.3) is 11.8 Å². The van der Waals surface area contributed by atoms with Gasteiger partial charge in [0.15, 0.2) is 0 Å². The highest BCUT2D eigenvalue weighted by Gasteiger charge is 2.28. The van der Waals surface area contributed by atoms with Gasteiger partial charge in [-0.1, -0.05) is 36.0 Å². The van der Waals surface area contributed by atoms with Crippen LogP contribution < -0.4 is 10.6 Å². The minimum atomic E-state index is -0.364. The molecule has 0 bridgehead atoms. The van der Waals surface area contributed by atoms with Gasteiger partial charge in [0, 0.05) is 23.7 Å². The van der Waals surface area contributed by atoms with Gasteiger partial charge in [-0.05, 0) is 62.1 Å². The Bertz CT molecular complexity index is 923. The van der Waals surface area contributed by atoms with Crippen LogP contribution in [0.5, 0.6) is 0 Å². The first-order valence-electron chi connectivity index (χ1n) is 10.5. The minimum Gasteiger partial charge on any atom is -0.349 e. The Labute approximate surface area is 190 Å². The standard InChI is InChI=1S/C22H25Cl2N3O2S/c23-15-10-17(24)20(25-11-15)22(29)26-12-18(14-3-1-2-4-14)27-21(28)19-8-7-16(30-19)9-13-5-6-13/h7-8,10-11,13-14,18H,1-6,9,12H2,(H,26,29)(H,27,28). The van der Waals surface area contributed by atoms with Crippen molar-refractivity contribution in [2.45, 2.75) is 51.0 Å². The van der Waals surface area contributed by atoms with E-state index in [1.807, 2.05) is 6.07 Å². The molecule has 2 fully saturated rings. The monoisotopic (exact) mass is 465 g/mol. The maximum atomic E-state index is 12.9. The Balaban J connectivity index is 1.39. The Kier molecular flexibility index (Phi) is 6.96. The molecule has 0 aliphatic heterocycles. The number of hydrogen-bond donors (Lipinski definition) is 2.